The number of aromatic nitrogens is 3. The van der Waals surface area contributed by atoms with Crippen LogP contribution in [-0.4, -0.2) is 21.1 Å². The Kier molecular flexibility index (Phi) is 3.72. The molecule has 2 aromatic rings. The lowest BCUT2D eigenvalue weighted by molar-refractivity contribution is -0.147. The van der Waals surface area contributed by atoms with Crippen LogP contribution in [0.4, 0.5) is 13.2 Å². The van der Waals surface area contributed by atoms with Crippen molar-refractivity contribution in [2.45, 2.75) is 6.18 Å². The van der Waals surface area contributed by atoms with Crippen LogP contribution in [0.15, 0.2) is 29.4 Å². The van der Waals surface area contributed by atoms with Gasteiger partial charge in [0, 0.05) is 5.02 Å². The first kappa shape index (κ1) is 13.8. The molecule has 0 aliphatic carbocycles. The fourth-order valence-corrected chi connectivity index (χ4v) is 1.56. The molecule has 1 N–H and O–H groups in total. The number of nitrogens with zero attached hydrogens (tertiary/aromatic N) is 3. The molecule has 0 atom stereocenters. The molecule has 0 bridgehead atoms. The minimum Gasteiger partial charge on any atom is -0.250 e. The molecule has 0 spiro atoms. The number of alkyl halides is 3. The molecule has 0 unspecified atom stereocenters. The zero-order valence-corrected chi connectivity index (χ0v) is 10.7. The Morgan fingerprint density at radius 3 is 2.53 bits per heavy atom. The zero-order chi connectivity index (χ0) is 14.0. The summed E-state index contributed by atoms with van der Waals surface area (Å²) in [6.07, 6.45) is -3.40. The Morgan fingerprint density at radius 2 is 1.95 bits per heavy atom. The van der Waals surface area contributed by atoms with Crippen molar-refractivity contribution in [3.8, 4) is 0 Å². The zero-order valence-electron chi connectivity index (χ0n) is 9.15. The Labute approximate surface area is 115 Å². The van der Waals surface area contributed by atoms with E-state index in [1.165, 1.54) is 6.21 Å². The van der Waals surface area contributed by atoms with Gasteiger partial charge in [-0.1, -0.05) is 23.7 Å². The summed E-state index contributed by atoms with van der Waals surface area (Å²) >= 11 is 10.4. The Bertz CT molecular complexity index is 657. The molecule has 0 saturated carbocycles. The van der Waals surface area contributed by atoms with Crippen LogP contribution in [0.2, 0.25) is 5.02 Å². The van der Waals surface area contributed by atoms with Gasteiger partial charge in [0.25, 0.3) is 5.82 Å². The Balaban J connectivity index is 2.36. The van der Waals surface area contributed by atoms with Crippen molar-refractivity contribution < 1.29 is 13.2 Å². The summed E-state index contributed by atoms with van der Waals surface area (Å²) in [6.45, 7) is 0. The molecule has 0 saturated heterocycles. The number of hydrogen-bond donors (Lipinski definition) is 1. The molecule has 4 nitrogen and oxygen atoms in total. The Morgan fingerprint density at radius 1 is 1.32 bits per heavy atom. The van der Waals surface area contributed by atoms with Crippen LogP contribution in [0, 0.1) is 4.77 Å². The molecule has 19 heavy (non-hydrogen) atoms. The highest BCUT2D eigenvalue weighted by Gasteiger charge is 2.37. The lowest BCUT2D eigenvalue weighted by Gasteiger charge is -2.03. The Hall–Kier alpha value is -1.67. The maximum Gasteiger partial charge on any atom is 0.453 e. The van der Waals surface area contributed by atoms with E-state index in [0.717, 1.165) is 0 Å². The molecule has 1 heterocycles. The van der Waals surface area contributed by atoms with Crippen LogP contribution in [0.3, 0.4) is 0 Å². The molecule has 1 aromatic carbocycles. The normalized spacial score (nSPS) is 12.2. The van der Waals surface area contributed by atoms with Gasteiger partial charge in [0.15, 0.2) is 0 Å². The first-order valence-electron chi connectivity index (χ1n) is 4.92. The predicted molar refractivity (Wildman–Crippen MR) is 66.9 cm³/mol. The van der Waals surface area contributed by atoms with Gasteiger partial charge in [-0.2, -0.15) is 22.9 Å². The first-order chi connectivity index (χ1) is 8.88. The summed E-state index contributed by atoms with van der Waals surface area (Å²) in [6, 6.07) is 6.43. The standard InChI is InChI=1S/C10H6ClF3N4S/c11-7-3-1-6(2-4-7)5-15-18-8(10(12,13)14)16-17-9(18)19/h1-5H,(H,17,19)/b15-5+. The maximum atomic E-state index is 12.6. The van der Waals surface area contributed by atoms with Gasteiger partial charge in [0.1, 0.15) is 0 Å². The van der Waals surface area contributed by atoms with E-state index in [-0.39, 0.29) is 4.77 Å². The van der Waals surface area contributed by atoms with Crippen molar-refractivity contribution in [3.05, 3.63) is 45.4 Å². The summed E-state index contributed by atoms with van der Waals surface area (Å²) in [7, 11) is 0. The van der Waals surface area contributed by atoms with Crippen molar-refractivity contribution >= 4 is 30.0 Å². The molecule has 0 aliphatic heterocycles. The number of benzene rings is 1. The highest BCUT2D eigenvalue weighted by Crippen LogP contribution is 2.27. The van der Waals surface area contributed by atoms with Gasteiger partial charge in [-0.05, 0) is 29.9 Å². The van der Waals surface area contributed by atoms with Crippen molar-refractivity contribution in [1.82, 2.24) is 14.9 Å². The van der Waals surface area contributed by atoms with E-state index in [0.29, 0.717) is 15.3 Å². The number of rotatable bonds is 2. The molecule has 100 valence electrons. The molecule has 9 heteroatoms. The van der Waals surface area contributed by atoms with Gasteiger partial charge < -0.3 is 0 Å². The van der Waals surface area contributed by atoms with E-state index in [1.807, 2.05) is 0 Å². The van der Waals surface area contributed by atoms with Crippen LogP contribution in [-0.2, 0) is 6.18 Å². The number of halogens is 4. The first-order valence-corrected chi connectivity index (χ1v) is 5.71. The molecule has 1 aromatic heterocycles. The summed E-state index contributed by atoms with van der Waals surface area (Å²) in [4.78, 5) is 0. The van der Waals surface area contributed by atoms with Crippen molar-refractivity contribution in [3.63, 3.8) is 0 Å². The molecular weight excluding hydrogens is 301 g/mol. The average Bonchev–Trinajstić information content (AvgIpc) is 2.70. The smallest absolute Gasteiger partial charge is 0.250 e. The van der Waals surface area contributed by atoms with E-state index in [4.69, 9.17) is 11.6 Å². The topological polar surface area (TPSA) is 46.0 Å². The molecule has 2 rings (SSSR count). The van der Waals surface area contributed by atoms with Crippen molar-refractivity contribution in [1.29, 1.82) is 0 Å². The molecular formula is C10H6ClF3N4S. The molecule has 0 aliphatic rings. The third kappa shape index (κ3) is 3.21. The van der Waals surface area contributed by atoms with Crippen molar-refractivity contribution in [2.75, 3.05) is 0 Å². The second kappa shape index (κ2) is 5.14. The van der Waals surface area contributed by atoms with Gasteiger partial charge >= 0.3 is 6.18 Å². The highest BCUT2D eigenvalue weighted by molar-refractivity contribution is 7.71. The summed E-state index contributed by atoms with van der Waals surface area (Å²) < 4.78 is 38.1. The summed E-state index contributed by atoms with van der Waals surface area (Å²) in [5, 5.41) is 9.33. The summed E-state index contributed by atoms with van der Waals surface area (Å²) in [5.74, 6) is -1.21. The van der Waals surface area contributed by atoms with Gasteiger partial charge in [0.05, 0.1) is 6.21 Å². The molecule has 0 amide bonds. The van der Waals surface area contributed by atoms with Crippen molar-refractivity contribution in [2.24, 2.45) is 5.10 Å². The third-order valence-corrected chi connectivity index (χ3v) is 2.61. The van der Waals surface area contributed by atoms with Gasteiger partial charge in [-0.25, -0.2) is 5.10 Å². The largest absolute Gasteiger partial charge is 0.453 e. The van der Waals surface area contributed by atoms with E-state index >= 15 is 0 Å². The van der Waals surface area contributed by atoms with Crippen LogP contribution in [0.1, 0.15) is 11.4 Å². The second-order valence-corrected chi connectivity index (χ2v) is 4.28. The molecule has 0 fully saturated rings. The van der Waals surface area contributed by atoms with Crippen LogP contribution in [0.5, 0.6) is 0 Å². The number of aromatic amines is 1. The lowest BCUT2D eigenvalue weighted by atomic mass is 10.2. The highest BCUT2D eigenvalue weighted by atomic mass is 35.5. The van der Waals surface area contributed by atoms with E-state index in [9.17, 15) is 13.2 Å². The van der Waals surface area contributed by atoms with Crippen LogP contribution >= 0.6 is 23.8 Å². The lowest BCUT2D eigenvalue weighted by Crippen LogP contribution is -2.12. The van der Waals surface area contributed by atoms with Gasteiger partial charge in [0.2, 0.25) is 4.77 Å². The fourth-order valence-electron chi connectivity index (χ4n) is 1.26. The predicted octanol–water partition coefficient (Wildman–Crippen LogP) is 3.50. The monoisotopic (exact) mass is 306 g/mol. The van der Waals surface area contributed by atoms with E-state index in [2.05, 4.69) is 27.5 Å². The van der Waals surface area contributed by atoms with E-state index in [1.54, 1.807) is 24.3 Å². The average molecular weight is 307 g/mol. The van der Waals surface area contributed by atoms with Crippen LogP contribution < -0.4 is 0 Å². The molecule has 0 radical (unpaired) electrons. The number of nitrogens with one attached hydrogen (secondary N) is 1. The van der Waals surface area contributed by atoms with E-state index < -0.39 is 12.0 Å². The fraction of sp³-hybridized carbons (Fsp3) is 0.100. The van der Waals surface area contributed by atoms with Crippen LogP contribution in [0.25, 0.3) is 0 Å². The quantitative estimate of drug-likeness (QED) is 0.682. The SMILES string of the molecule is FC(F)(F)c1n[nH]c(=S)n1/N=C/c1ccc(Cl)cc1. The minimum atomic E-state index is -4.63. The minimum absolute atomic E-state index is 0.238. The third-order valence-electron chi connectivity index (χ3n) is 2.10. The number of hydrogen-bond acceptors (Lipinski definition) is 3. The summed E-state index contributed by atoms with van der Waals surface area (Å²) in [5.41, 5.74) is 0.584. The van der Waals surface area contributed by atoms with Gasteiger partial charge in [-0.15, -0.1) is 5.10 Å². The van der Waals surface area contributed by atoms with Gasteiger partial charge in [-0.3, -0.25) is 0 Å². The number of H-pyrrole nitrogens is 1. The second-order valence-electron chi connectivity index (χ2n) is 3.46. The maximum absolute atomic E-state index is 12.6.